The molecule has 1 aliphatic heterocycles. The van der Waals surface area contributed by atoms with Crippen molar-refractivity contribution in [2.75, 3.05) is 26.3 Å². The molecule has 0 saturated carbocycles. The van der Waals surface area contributed by atoms with Crippen LogP contribution in [0.5, 0.6) is 0 Å². The zero-order valence-electron chi connectivity index (χ0n) is 10.2. The maximum absolute atomic E-state index is 11.8. The van der Waals surface area contributed by atoms with E-state index in [9.17, 15) is 4.79 Å². The van der Waals surface area contributed by atoms with Crippen molar-refractivity contribution in [1.29, 1.82) is 0 Å². The highest BCUT2D eigenvalue weighted by molar-refractivity contribution is 5.74. The lowest BCUT2D eigenvalue weighted by molar-refractivity contribution is 0.0515. The molecule has 0 bridgehead atoms. The first-order valence-corrected chi connectivity index (χ1v) is 5.54. The first-order valence-electron chi connectivity index (χ1n) is 5.54. The minimum absolute atomic E-state index is 0.0284. The molecule has 88 valence electrons. The number of urea groups is 1. The summed E-state index contributed by atoms with van der Waals surface area (Å²) in [6.07, 6.45) is 0. The Morgan fingerprint density at radius 1 is 1.33 bits per heavy atom. The van der Waals surface area contributed by atoms with Gasteiger partial charge in [-0.15, -0.1) is 0 Å². The van der Waals surface area contributed by atoms with Crippen molar-refractivity contribution in [3.8, 4) is 0 Å². The Hall–Kier alpha value is -0.770. The van der Waals surface area contributed by atoms with Gasteiger partial charge >= 0.3 is 6.03 Å². The number of carbonyl (C=O) groups is 1. The minimum Gasteiger partial charge on any atom is -0.378 e. The summed E-state index contributed by atoms with van der Waals surface area (Å²) in [6, 6.07) is 0.202. The van der Waals surface area contributed by atoms with Crippen molar-refractivity contribution in [1.82, 2.24) is 10.2 Å². The van der Waals surface area contributed by atoms with Crippen LogP contribution in [0.2, 0.25) is 0 Å². The van der Waals surface area contributed by atoms with Crippen LogP contribution in [0.3, 0.4) is 0 Å². The number of amides is 2. The van der Waals surface area contributed by atoms with Gasteiger partial charge in [0.05, 0.1) is 13.2 Å². The lowest BCUT2D eigenvalue weighted by Gasteiger charge is -2.32. The molecule has 0 spiro atoms. The standard InChI is InChI=1S/C11H22N2O2/c1-9(11(2,3)4)12-10(14)13-5-7-15-8-6-13/h9H,5-8H2,1-4H3,(H,12,14). The Morgan fingerprint density at radius 3 is 2.33 bits per heavy atom. The minimum atomic E-state index is 0.0284. The molecule has 1 unspecified atom stereocenters. The van der Waals surface area contributed by atoms with Crippen LogP contribution in [0, 0.1) is 5.41 Å². The smallest absolute Gasteiger partial charge is 0.317 e. The Balaban J connectivity index is 2.40. The molecule has 0 aliphatic carbocycles. The van der Waals surface area contributed by atoms with Gasteiger partial charge in [0, 0.05) is 19.1 Å². The molecule has 1 rings (SSSR count). The van der Waals surface area contributed by atoms with E-state index in [4.69, 9.17) is 4.74 Å². The highest BCUT2D eigenvalue weighted by Gasteiger charge is 2.24. The lowest BCUT2D eigenvalue weighted by atomic mass is 9.88. The number of rotatable bonds is 1. The number of hydrogen-bond donors (Lipinski definition) is 1. The van der Waals surface area contributed by atoms with Crippen molar-refractivity contribution >= 4 is 6.03 Å². The van der Waals surface area contributed by atoms with Gasteiger partial charge in [0.25, 0.3) is 0 Å². The average Bonchev–Trinajstić information content (AvgIpc) is 2.17. The molecule has 1 N–H and O–H groups in total. The maximum atomic E-state index is 11.8. The fraction of sp³-hybridized carbons (Fsp3) is 0.909. The van der Waals surface area contributed by atoms with Gasteiger partial charge < -0.3 is 15.0 Å². The third-order valence-electron chi connectivity index (χ3n) is 2.94. The Morgan fingerprint density at radius 2 is 1.87 bits per heavy atom. The van der Waals surface area contributed by atoms with Gasteiger partial charge in [-0.3, -0.25) is 0 Å². The number of ether oxygens (including phenoxy) is 1. The first kappa shape index (κ1) is 12.3. The molecule has 4 nitrogen and oxygen atoms in total. The average molecular weight is 214 g/mol. The zero-order valence-corrected chi connectivity index (χ0v) is 10.2. The molecule has 1 saturated heterocycles. The maximum Gasteiger partial charge on any atom is 0.317 e. The van der Waals surface area contributed by atoms with E-state index >= 15 is 0 Å². The van der Waals surface area contributed by atoms with E-state index in [0.717, 1.165) is 0 Å². The van der Waals surface area contributed by atoms with Gasteiger partial charge in [-0.1, -0.05) is 20.8 Å². The lowest BCUT2D eigenvalue weighted by Crippen LogP contribution is -2.51. The predicted octanol–water partition coefficient (Wildman–Crippen LogP) is 1.46. The number of carbonyl (C=O) groups excluding carboxylic acids is 1. The molecule has 1 atom stereocenters. The topological polar surface area (TPSA) is 41.6 Å². The van der Waals surface area contributed by atoms with Crippen molar-refractivity contribution in [3.63, 3.8) is 0 Å². The van der Waals surface area contributed by atoms with E-state index in [2.05, 4.69) is 26.1 Å². The van der Waals surface area contributed by atoms with Crippen LogP contribution in [0.4, 0.5) is 4.79 Å². The van der Waals surface area contributed by atoms with Crippen molar-refractivity contribution < 1.29 is 9.53 Å². The van der Waals surface area contributed by atoms with Crippen LogP contribution in [0.1, 0.15) is 27.7 Å². The van der Waals surface area contributed by atoms with E-state index < -0.39 is 0 Å². The molecular formula is C11H22N2O2. The highest BCUT2D eigenvalue weighted by atomic mass is 16.5. The second-order valence-electron chi connectivity index (χ2n) is 5.14. The molecule has 0 aromatic carbocycles. The number of morpholine rings is 1. The monoisotopic (exact) mass is 214 g/mol. The Bertz CT molecular complexity index is 217. The molecule has 0 aromatic heterocycles. The third-order valence-corrected chi connectivity index (χ3v) is 2.94. The fourth-order valence-electron chi connectivity index (χ4n) is 1.26. The van der Waals surface area contributed by atoms with Crippen LogP contribution < -0.4 is 5.32 Å². The predicted molar refractivity (Wildman–Crippen MR) is 59.8 cm³/mol. The summed E-state index contributed by atoms with van der Waals surface area (Å²) < 4.78 is 5.20. The van der Waals surface area contributed by atoms with E-state index in [1.807, 2.05) is 11.8 Å². The van der Waals surface area contributed by atoms with Gasteiger partial charge in [0.2, 0.25) is 0 Å². The molecule has 1 aliphatic rings. The fourth-order valence-corrected chi connectivity index (χ4v) is 1.26. The van der Waals surface area contributed by atoms with Crippen LogP contribution in [-0.2, 0) is 4.74 Å². The molecule has 1 fully saturated rings. The van der Waals surface area contributed by atoms with Gasteiger partial charge in [-0.2, -0.15) is 0 Å². The van der Waals surface area contributed by atoms with Gasteiger partial charge in [0.15, 0.2) is 0 Å². The Labute approximate surface area is 92.0 Å². The highest BCUT2D eigenvalue weighted by Crippen LogP contribution is 2.18. The SMILES string of the molecule is CC(NC(=O)N1CCOCC1)C(C)(C)C. The summed E-state index contributed by atoms with van der Waals surface area (Å²) >= 11 is 0. The first-order chi connectivity index (χ1) is 6.91. The largest absolute Gasteiger partial charge is 0.378 e. The normalized spacial score (nSPS) is 19.9. The number of nitrogens with zero attached hydrogens (tertiary/aromatic N) is 1. The second kappa shape index (κ2) is 4.84. The summed E-state index contributed by atoms with van der Waals surface area (Å²) in [5, 5.41) is 3.02. The molecule has 1 heterocycles. The van der Waals surface area contributed by atoms with Crippen LogP contribution >= 0.6 is 0 Å². The molecule has 4 heteroatoms. The quantitative estimate of drug-likeness (QED) is 0.718. The van der Waals surface area contributed by atoms with Gasteiger partial charge in [-0.05, 0) is 12.3 Å². The molecule has 2 amide bonds. The zero-order chi connectivity index (χ0) is 11.5. The van der Waals surface area contributed by atoms with Gasteiger partial charge in [-0.25, -0.2) is 4.79 Å². The van der Waals surface area contributed by atoms with Crippen LogP contribution in [0.15, 0.2) is 0 Å². The van der Waals surface area contributed by atoms with Gasteiger partial charge in [0.1, 0.15) is 0 Å². The van der Waals surface area contributed by atoms with Crippen LogP contribution in [0.25, 0.3) is 0 Å². The van der Waals surface area contributed by atoms with Crippen LogP contribution in [-0.4, -0.2) is 43.3 Å². The third kappa shape index (κ3) is 3.70. The van der Waals surface area contributed by atoms with E-state index in [1.54, 1.807) is 0 Å². The molecule has 15 heavy (non-hydrogen) atoms. The van der Waals surface area contributed by atoms with E-state index in [-0.39, 0.29) is 17.5 Å². The summed E-state index contributed by atoms with van der Waals surface area (Å²) in [7, 11) is 0. The summed E-state index contributed by atoms with van der Waals surface area (Å²) in [5.41, 5.74) is 0.0992. The summed E-state index contributed by atoms with van der Waals surface area (Å²) in [5.74, 6) is 0. The van der Waals surface area contributed by atoms with Crippen molar-refractivity contribution in [2.24, 2.45) is 5.41 Å². The molecular weight excluding hydrogens is 192 g/mol. The number of nitrogens with one attached hydrogen (secondary N) is 1. The van der Waals surface area contributed by atoms with Crippen molar-refractivity contribution in [3.05, 3.63) is 0 Å². The molecule has 0 radical (unpaired) electrons. The van der Waals surface area contributed by atoms with E-state index in [0.29, 0.717) is 26.3 Å². The van der Waals surface area contributed by atoms with Crippen molar-refractivity contribution in [2.45, 2.75) is 33.7 Å². The van der Waals surface area contributed by atoms with E-state index in [1.165, 1.54) is 0 Å². The second-order valence-corrected chi connectivity index (χ2v) is 5.14. The summed E-state index contributed by atoms with van der Waals surface area (Å²) in [6.45, 7) is 11.1. The summed E-state index contributed by atoms with van der Waals surface area (Å²) in [4.78, 5) is 13.6. The molecule has 0 aromatic rings. The Kier molecular flexibility index (Phi) is 3.97. The number of hydrogen-bond acceptors (Lipinski definition) is 2.